The average Bonchev–Trinajstić information content (AvgIpc) is 3.46. The van der Waals surface area contributed by atoms with Gasteiger partial charge >= 0.3 is 0 Å². The van der Waals surface area contributed by atoms with Gasteiger partial charge in [-0.1, -0.05) is 72.8 Å². The molecule has 2 nitrogen and oxygen atoms in total. The first-order chi connectivity index (χ1) is 17.3. The fourth-order valence-electron chi connectivity index (χ4n) is 5.62. The molecule has 2 aromatic heterocycles. The lowest BCUT2D eigenvalue weighted by Gasteiger charge is -2.14. The summed E-state index contributed by atoms with van der Waals surface area (Å²) in [6, 6.07) is 36.0. The second-order valence-corrected chi connectivity index (χ2v) is 9.80. The molecule has 0 fully saturated rings. The average molecular weight is 513 g/mol. The lowest BCUT2D eigenvalue weighted by atomic mass is 9.91. The number of fused-ring (bicyclic) bond motifs is 9. The molecule has 0 spiro atoms. The second kappa shape index (κ2) is 6.97. The minimum Gasteiger partial charge on any atom is -0.456 e. The molecule has 0 radical (unpaired) electrons. The molecule has 35 heavy (non-hydrogen) atoms. The Bertz CT molecular complexity index is 2070. The first-order valence-corrected chi connectivity index (χ1v) is 12.4. The predicted octanol–water partition coefficient (Wildman–Crippen LogP) is 10.2. The molecule has 8 aromatic rings. The lowest BCUT2D eigenvalue weighted by molar-refractivity contribution is 0.663. The minimum absolute atomic E-state index is 0.877. The standard InChI is InChI=1S/C32H17BrO2/c33-32-21-9-3-1-7-19(21)29(20-8-2-4-10-22(20)32)18-13-14-24-28(17-18)35-27-16-15-26-30(31(24)27)23-11-5-6-12-25(23)34-26/h1-17H. The molecule has 0 saturated carbocycles. The van der Waals surface area contributed by atoms with Gasteiger partial charge in [0.05, 0.1) is 0 Å². The van der Waals surface area contributed by atoms with Crippen molar-refractivity contribution in [3.8, 4) is 11.1 Å². The molecule has 0 bridgehead atoms. The summed E-state index contributed by atoms with van der Waals surface area (Å²) in [6.45, 7) is 0. The summed E-state index contributed by atoms with van der Waals surface area (Å²) in [4.78, 5) is 0. The molecule has 6 aromatic carbocycles. The SMILES string of the molecule is Brc1c2ccccc2c(-c2ccc3c(c2)oc2ccc4oc5ccccc5c4c23)c2ccccc12. The molecule has 0 atom stereocenters. The van der Waals surface area contributed by atoms with E-state index in [0.717, 1.165) is 53.9 Å². The van der Waals surface area contributed by atoms with Crippen LogP contribution in [-0.4, -0.2) is 0 Å². The highest BCUT2D eigenvalue weighted by molar-refractivity contribution is 9.10. The van der Waals surface area contributed by atoms with E-state index in [4.69, 9.17) is 8.83 Å². The van der Waals surface area contributed by atoms with Crippen LogP contribution in [0.5, 0.6) is 0 Å². The van der Waals surface area contributed by atoms with Gasteiger partial charge in [-0.3, -0.25) is 0 Å². The Kier molecular flexibility index (Phi) is 3.83. The number of rotatable bonds is 1. The third-order valence-electron chi connectivity index (χ3n) is 7.13. The molecule has 0 aliphatic rings. The van der Waals surface area contributed by atoms with Crippen LogP contribution < -0.4 is 0 Å². The van der Waals surface area contributed by atoms with Crippen LogP contribution in [0.2, 0.25) is 0 Å². The third-order valence-corrected chi connectivity index (χ3v) is 7.98. The Morgan fingerprint density at radius 2 is 0.943 bits per heavy atom. The van der Waals surface area contributed by atoms with Crippen LogP contribution >= 0.6 is 15.9 Å². The summed E-state index contributed by atoms with van der Waals surface area (Å²) >= 11 is 3.86. The molecular weight excluding hydrogens is 496 g/mol. The van der Waals surface area contributed by atoms with Crippen LogP contribution in [0.4, 0.5) is 0 Å². The number of hydrogen-bond donors (Lipinski definition) is 0. The first-order valence-electron chi connectivity index (χ1n) is 11.6. The van der Waals surface area contributed by atoms with Crippen LogP contribution in [0.3, 0.4) is 0 Å². The molecule has 164 valence electrons. The van der Waals surface area contributed by atoms with Gasteiger partial charge in [-0.2, -0.15) is 0 Å². The van der Waals surface area contributed by atoms with Crippen molar-refractivity contribution in [2.75, 3.05) is 0 Å². The van der Waals surface area contributed by atoms with E-state index in [9.17, 15) is 0 Å². The van der Waals surface area contributed by atoms with Crippen LogP contribution in [-0.2, 0) is 0 Å². The van der Waals surface area contributed by atoms with Gasteiger partial charge in [-0.15, -0.1) is 0 Å². The normalized spacial score (nSPS) is 12.1. The molecule has 0 unspecified atom stereocenters. The highest BCUT2D eigenvalue weighted by atomic mass is 79.9. The van der Waals surface area contributed by atoms with Crippen molar-refractivity contribution in [1.82, 2.24) is 0 Å². The Morgan fingerprint density at radius 3 is 1.60 bits per heavy atom. The lowest BCUT2D eigenvalue weighted by Crippen LogP contribution is -1.87. The molecule has 3 heteroatoms. The molecule has 8 rings (SSSR count). The summed E-state index contributed by atoms with van der Waals surface area (Å²) < 4.78 is 13.7. The Balaban J connectivity index is 1.49. The summed E-state index contributed by atoms with van der Waals surface area (Å²) in [5.41, 5.74) is 5.91. The molecule has 0 N–H and O–H groups in total. The van der Waals surface area contributed by atoms with E-state index < -0.39 is 0 Å². The Labute approximate surface area is 208 Å². The number of halogens is 1. The van der Waals surface area contributed by atoms with E-state index in [0.29, 0.717) is 0 Å². The quantitative estimate of drug-likeness (QED) is 0.204. The topological polar surface area (TPSA) is 26.3 Å². The van der Waals surface area contributed by atoms with Crippen molar-refractivity contribution in [3.05, 3.63) is 108 Å². The number of hydrogen-bond acceptors (Lipinski definition) is 2. The Hall–Kier alpha value is -4.08. The number of furan rings is 2. The van der Waals surface area contributed by atoms with Gasteiger partial charge < -0.3 is 8.83 Å². The van der Waals surface area contributed by atoms with Crippen molar-refractivity contribution in [1.29, 1.82) is 0 Å². The molecule has 2 heterocycles. The third kappa shape index (κ3) is 2.59. The summed E-state index contributed by atoms with van der Waals surface area (Å²) in [5.74, 6) is 0. The van der Waals surface area contributed by atoms with Gasteiger partial charge in [0.15, 0.2) is 0 Å². The predicted molar refractivity (Wildman–Crippen MR) is 149 cm³/mol. The van der Waals surface area contributed by atoms with Crippen molar-refractivity contribution in [2.45, 2.75) is 0 Å². The first kappa shape index (κ1) is 19.2. The van der Waals surface area contributed by atoms with Gasteiger partial charge in [0.25, 0.3) is 0 Å². The summed E-state index contributed by atoms with van der Waals surface area (Å²) in [5, 5.41) is 9.29. The van der Waals surface area contributed by atoms with Crippen molar-refractivity contribution in [3.63, 3.8) is 0 Å². The van der Waals surface area contributed by atoms with Crippen LogP contribution in [0, 0.1) is 0 Å². The monoisotopic (exact) mass is 512 g/mol. The van der Waals surface area contributed by atoms with Crippen molar-refractivity contribution >= 4 is 81.4 Å². The zero-order valence-corrected chi connectivity index (χ0v) is 20.1. The summed E-state index contributed by atoms with van der Waals surface area (Å²) in [6.07, 6.45) is 0. The van der Waals surface area contributed by atoms with E-state index in [1.54, 1.807) is 0 Å². The highest BCUT2D eigenvalue weighted by Crippen LogP contribution is 2.44. The van der Waals surface area contributed by atoms with Gasteiger partial charge in [-0.05, 0) is 78.9 Å². The maximum absolute atomic E-state index is 6.44. The minimum atomic E-state index is 0.877. The maximum Gasteiger partial charge on any atom is 0.136 e. The fourth-order valence-corrected chi connectivity index (χ4v) is 6.31. The summed E-state index contributed by atoms with van der Waals surface area (Å²) in [7, 11) is 0. The molecule has 0 amide bonds. The zero-order chi connectivity index (χ0) is 23.1. The maximum atomic E-state index is 6.44. The number of benzene rings is 6. The Morgan fingerprint density at radius 1 is 0.429 bits per heavy atom. The van der Waals surface area contributed by atoms with Crippen molar-refractivity contribution in [2.24, 2.45) is 0 Å². The zero-order valence-electron chi connectivity index (χ0n) is 18.5. The van der Waals surface area contributed by atoms with Gasteiger partial charge in [0, 0.05) is 26.0 Å². The molecule has 0 saturated heterocycles. The van der Waals surface area contributed by atoms with Gasteiger partial charge in [0.1, 0.15) is 22.3 Å². The van der Waals surface area contributed by atoms with E-state index in [-0.39, 0.29) is 0 Å². The van der Waals surface area contributed by atoms with Crippen LogP contribution in [0.1, 0.15) is 0 Å². The van der Waals surface area contributed by atoms with Crippen molar-refractivity contribution < 1.29 is 8.83 Å². The van der Waals surface area contributed by atoms with E-state index >= 15 is 0 Å². The van der Waals surface area contributed by atoms with E-state index in [1.807, 2.05) is 24.3 Å². The van der Waals surface area contributed by atoms with E-state index in [2.05, 4.69) is 94.8 Å². The van der Waals surface area contributed by atoms with Gasteiger partial charge in [0.2, 0.25) is 0 Å². The highest BCUT2D eigenvalue weighted by Gasteiger charge is 2.18. The largest absolute Gasteiger partial charge is 0.456 e. The van der Waals surface area contributed by atoms with Crippen LogP contribution in [0.15, 0.2) is 116 Å². The molecule has 0 aliphatic heterocycles. The second-order valence-electron chi connectivity index (χ2n) is 9.00. The smallest absolute Gasteiger partial charge is 0.136 e. The molecule has 0 aliphatic carbocycles. The van der Waals surface area contributed by atoms with Gasteiger partial charge in [-0.25, -0.2) is 0 Å². The van der Waals surface area contributed by atoms with E-state index in [1.165, 1.54) is 27.1 Å². The number of para-hydroxylation sites is 1. The van der Waals surface area contributed by atoms with Crippen LogP contribution in [0.25, 0.3) is 76.5 Å². The molecular formula is C32H17BrO2. The fraction of sp³-hybridized carbons (Fsp3) is 0.